The zero-order valence-corrected chi connectivity index (χ0v) is 10.8. The molecule has 4 nitrogen and oxygen atoms in total. The van der Waals surface area contributed by atoms with Crippen LogP contribution in [0.2, 0.25) is 0 Å². The van der Waals surface area contributed by atoms with Gasteiger partial charge in [-0.2, -0.15) is 0 Å². The van der Waals surface area contributed by atoms with Crippen molar-refractivity contribution < 1.29 is 14.6 Å². The van der Waals surface area contributed by atoms with Crippen LogP contribution in [0.15, 0.2) is 30.3 Å². The Morgan fingerprint density at radius 3 is 2.74 bits per heavy atom. The maximum Gasteiger partial charge on any atom is 0.231 e. The van der Waals surface area contributed by atoms with Crippen molar-refractivity contribution in [3.05, 3.63) is 36.4 Å². The van der Waals surface area contributed by atoms with Crippen LogP contribution in [-0.4, -0.2) is 26.0 Å². The number of aromatic hydroxyl groups is 1. The molecule has 4 heteroatoms. The topological polar surface area (TPSA) is 41.9 Å². The zero-order valence-electron chi connectivity index (χ0n) is 10.8. The highest BCUT2D eigenvalue weighted by Gasteiger charge is 2.17. The molecule has 0 spiro atoms. The van der Waals surface area contributed by atoms with Gasteiger partial charge in [-0.3, -0.25) is 0 Å². The second kappa shape index (κ2) is 4.39. The number of fused-ring (bicyclic) bond motifs is 1. The van der Waals surface area contributed by atoms with E-state index in [1.165, 1.54) is 0 Å². The van der Waals surface area contributed by atoms with Crippen LogP contribution in [0, 0.1) is 6.07 Å². The number of hydrogen-bond acceptors (Lipinski definition) is 4. The normalized spacial score (nSPS) is 12.5. The van der Waals surface area contributed by atoms with E-state index in [9.17, 15) is 5.11 Å². The van der Waals surface area contributed by atoms with Gasteiger partial charge in [0.15, 0.2) is 11.5 Å². The molecule has 0 aliphatic carbocycles. The molecule has 2 aromatic carbocycles. The molecule has 0 unspecified atom stereocenters. The van der Waals surface area contributed by atoms with Crippen molar-refractivity contribution >= 4 is 5.69 Å². The summed E-state index contributed by atoms with van der Waals surface area (Å²) in [5, 5.41) is 10.1. The molecule has 2 aromatic rings. The van der Waals surface area contributed by atoms with Crippen molar-refractivity contribution in [1.82, 2.24) is 0 Å². The van der Waals surface area contributed by atoms with Crippen molar-refractivity contribution in [2.45, 2.75) is 0 Å². The van der Waals surface area contributed by atoms with Gasteiger partial charge in [-0.25, -0.2) is 0 Å². The van der Waals surface area contributed by atoms with E-state index in [4.69, 9.17) is 9.47 Å². The number of rotatable bonds is 2. The molecule has 0 amide bonds. The average Bonchev–Trinajstić information content (AvgIpc) is 2.85. The second-order valence-electron chi connectivity index (χ2n) is 4.55. The Morgan fingerprint density at radius 1 is 1.16 bits per heavy atom. The molecular formula is C15H14NO3. The summed E-state index contributed by atoms with van der Waals surface area (Å²) >= 11 is 0. The van der Waals surface area contributed by atoms with Crippen LogP contribution in [0.1, 0.15) is 0 Å². The summed E-state index contributed by atoms with van der Waals surface area (Å²) in [4.78, 5) is 1.95. The molecule has 1 heterocycles. The standard InChI is InChI=1S/C15H14NO3/c1-16(2)11-4-3-5-12(17)15(11)10-6-7-13-14(8-10)19-9-18-13/h3-4,6-8,17H,9H2,1-2H3. The summed E-state index contributed by atoms with van der Waals surface area (Å²) in [7, 11) is 3.87. The molecule has 1 N–H and O–H groups in total. The minimum Gasteiger partial charge on any atom is -0.507 e. The molecule has 0 atom stereocenters. The summed E-state index contributed by atoms with van der Waals surface area (Å²) in [5.74, 6) is 1.56. The largest absolute Gasteiger partial charge is 0.507 e. The van der Waals surface area contributed by atoms with Crippen molar-refractivity contribution in [3.8, 4) is 28.4 Å². The van der Waals surface area contributed by atoms with E-state index in [2.05, 4.69) is 6.07 Å². The third kappa shape index (κ3) is 1.95. The Labute approximate surface area is 111 Å². The molecular weight excluding hydrogens is 242 g/mol. The van der Waals surface area contributed by atoms with E-state index < -0.39 is 0 Å². The van der Waals surface area contributed by atoms with Crippen molar-refractivity contribution in [2.24, 2.45) is 0 Å². The van der Waals surface area contributed by atoms with Gasteiger partial charge in [0, 0.05) is 31.4 Å². The lowest BCUT2D eigenvalue weighted by Crippen LogP contribution is -2.09. The van der Waals surface area contributed by atoms with E-state index in [0.717, 1.165) is 22.6 Å². The van der Waals surface area contributed by atoms with Crippen LogP contribution in [0.4, 0.5) is 5.69 Å². The lowest BCUT2D eigenvalue weighted by atomic mass is 10.0. The molecule has 3 rings (SSSR count). The minimum atomic E-state index is 0.130. The van der Waals surface area contributed by atoms with E-state index in [1.807, 2.05) is 43.3 Å². The van der Waals surface area contributed by atoms with Gasteiger partial charge in [0.05, 0.1) is 0 Å². The van der Waals surface area contributed by atoms with E-state index in [0.29, 0.717) is 5.75 Å². The summed E-state index contributed by atoms with van der Waals surface area (Å²) in [6.45, 7) is 0.242. The first-order chi connectivity index (χ1) is 9.16. The third-order valence-corrected chi connectivity index (χ3v) is 3.10. The lowest BCUT2D eigenvalue weighted by molar-refractivity contribution is 0.174. The zero-order chi connectivity index (χ0) is 13.4. The van der Waals surface area contributed by atoms with Crippen LogP contribution in [0.5, 0.6) is 17.2 Å². The number of anilines is 1. The molecule has 0 bridgehead atoms. The van der Waals surface area contributed by atoms with Crippen LogP contribution in [0.3, 0.4) is 0 Å². The minimum absolute atomic E-state index is 0.130. The number of nitrogens with zero attached hydrogens (tertiary/aromatic N) is 1. The maximum atomic E-state index is 10.1. The molecule has 0 aromatic heterocycles. The smallest absolute Gasteiger partial charge is 0.231 e. The van der Waals surface area contributed by atoms with Crippen molar-refractivity contribution in [1.29, 1.82) is 0 Å². The summed E-state index contributed by atoms with van der Waals surface area (Å²) < 4.78 is 10.7. The molecule has 1 radical (unpaired) electrons. The van der Waals surface area contributed by atoms with Gasteiger partial charge in [0.2, 0.25) is 6.79 Å². The monoisotopic (exact) mass is 256 g/mol. The number of hydrogen-bond donors (Lipinski definition) is 1. The number of phenols is 1. The first-order valence-electron chi connectivity index (χ1n) is 5.98. The molecule has 0 saturated heterocycles. The Kier molecular flexibility index (Phi) is 2.71. The highest BCUT2D eigenvalue weighted by Crippen LogP contribution is 2.42. The lowest BCUT2D eigenvalue weighted by Gasteiger charge is -2.18. The summed E-state index contributed by atoms with van der Waals surface area (Å²) in [6, 6.07) is 12.1. The SMILES string of the molecule is CN(C)c1cc[c]c(O)c1-c1ccc2c(c1)OCO2. The van der Waals surface area contributed by atoms with E-state index in [-0.39, 0.29) is 12.5 Å². The molecule has 97 valence electrons. The highest BCUT2D eigenvalue weighted by molar-refractivity contribution is 5.84. The fourth-order valence-electron chi connectivity index (χ4n) is 2.19. The predicted octanol–water partition coefficient (Wildman–Crippen LogP) is 2.65. The Bertz CT molecular complexity index is 623. The number of benzene rings is 2. The predicted molar refractivity (Wildman–Crippen MR) is 72.8 cm³/mol. The molecule has 1 aliphatic rings. The fraction of sp³-hybridized carbons (Fsp3) is 0.200. The van der Waals surface area contributed by atoms with Crippen molar-refractivity contribution in [2.75, 3.05) is 25.8 Å². The van der Waals surface area contributed by atoms with Crippen LogP contribution >= 0.6 is 0 Å². The molecule has 1 aliphatic heterocycles. The first kappa shape index (κ1) is 11.7. The van der Waals surface area contributed by atoms with Crippen LogP contribution < -0.4 is 14.4 Å². The van der Waals surface area contributed by atoms with Gasteiger partial charge in [0.1, 0.15) is 5.75 Å². The number of phenolic OH excluding ortho intramolecular Hbond substituents is 1. The molecule has 0 fully saturated rings. The van der Waals surface area contributed by atoms with Crippen molar-refractivity contribution in [3.63, 3.8) is 0 Å². The first-order valence-corrected chi connectivity index (χ1v) is 5.98. The fourth-order valence-corrected chi connectivity index (χ4v) is 2.19. The summed E-state index contributed by atoms with van der Waals surface area (Å²) in [6.07, 6.45) is 0. The number of ether oxygens (including phenoxy) is 2. The second-order valence-corrected chi connectivity index (χ2v) is 4.55. The average molecular weight is 256 g/mol. The van der Waals surface area contributed by atoms with Crippen LogP contribution in [-0.2, 0) is 0 Å². The van der Waals surface area contributed by atoms with E-state index in [1.54, 1.807) is 6.07 Å². The van der Waals surface area contributed by atoms with Gasteiger partial charge in [-0.05, 0) is 29.8 Å². The summed E-state index contributed by atoms with van der Waals surface area (Å²) in [5.41, 5.74) is 2.54. The third-order valence-electron chi connectivity index (χ3n) is 3.10. The van der Waals surface area contributed by atoms with Gasteiger partial charge in [-0.15, -0.1) is 0 Å². The highest BCUT2D eigenvalue weighted by atomic mass is 16.7. The van der Waals surface area contributed by atoms with E-state index >= 15 is 0 Å². The molecule has 19 heavy (non-hydrogen) atoms. The Balaban J connectivity index is 2.16. The Morgan fingerprint density at radius 2 is 1.95 bits per heavy atom. The Hall–Kier alpha value is -2.36. The van der Waals surface area contributed by atoms with Gasteiger partial charge in [0.25, 0.3) is 0 Å². The van der Waals surface area contributed by atoms with Crippen LogP contribution in [0.25, 0.3) is 11.1 Å². The van der Waals surface area contributed by atoms with Gasteiger partial charge < -0.3 is 19.5 Å². The quantitative estimate of drug-likeness (QED) is 0.897. The molecule has 0 saturated carbocycles. The maximum absolute atomic E-state index is 10.1. The van der Waals surface area contributed by atoms with Gasteiger partial charge in [-0.1, -0.05) is 6.07 Å². The van der Waals surface area contributed by atoms with Gasteiger partial charge >= 0.3 is 0 Å².